The first-order valence-corrected chi connectivity index (χ1v) is 6.64. The molecule has 0 radical (unpaired) electrons. The van der Waals surface area contributed by atoms with Crippen molar-refractivity contribution in [1.29, 1.82) is 0 Å². The fourth-order valence-electron chi connectivity index (χ4n) is 3.08. The summed E-state index contributed by atoms with van der Waals surface area (Å²) in [4.78, 5) is 11.7. The zero-order valence-electron chi connectivity index (χ0n) is 11.2. The summed E-state index contributed by atoms with van der Waals surface area (Å²) >= 11 is 0. The fourth-order valence-corrected chi connectivity index (χ4v) is 3.08. The number of fused-ring (bicyclic) bond motifs is 1. The molecule has 1 aliphatic heterocycles. The molecule has 0 spiro atoms. The van der Waals surface area contributed by atoms with E-state index in [9.17, 15) is 15.0 Å². The van der Waals surface area contributed by atoms with E-state index in [0.29, 0.717) is 12.3 Å². The fraction of sp³-hybridized carbons (Fsp3) is 0.533. The van der Waals surface area contributed by atoms with Crippen LogP contribution in [0.4, 0.5) is 0 Å². The molecule has 1 aromatic rings. The first-order chi connectivity index (χ1) is 8.92. The van der Waals surface area contributed by atoms with Crippen LogP contribution in [0.3, 0.4) is 0 Å². The molecule has 1 fully saturated rings. The van der Waals surface area contributed by atoms with Gasteiger partial charge < -0.3 is 14.9 Å². The number of rotatable bonds is 1. The molecule has 1 aliphatic carbocycles. The van der Waals surface area contributed by atoms with Gasteiger partial charge in [-0.15, -0.1) is 0 Å². The zero-order chi connectivity index (χ0) is 13.8. The minimum atomic E-state index is -0.531. The van der Waals surface area contributed by atoms with E-state index in [1.165, 1.54) is 6.07 Å². The lowest BCUT2D eigenvalue weighted by atomic mass is 9.77. The zero-order valence-corrected chi connectivity index (χ0v) is 11.2. The number of hydrogen-bond acceptors (Lipinski definition) is 4. The minimum absolute atomic E-state index is 0.0451. The Morgan fingerprint density at radius 2 is 2.00 bits per heavy atom. The molecule has 0 saturated carbocycles. The van der Waals surface area contributed by atoms with Gasteiger partial charge in [0.15, 0.2) is 5.75 Å². The van der Waals surface area contributed by atoms with Gasteiger partial charge in [0.05, 0.1) is 12.2 Å². The van der Waals surface area contributed by atoms with Gasteiger partial charge in [-0.3, -0.25) is 4.79 Å². The third-order valence-electron chi connectivity index (χ3n) is 4.59. The molecule has 19 heavy (non-hydrogen) atoms. The van der Waals surface area contributed by atoms with E-state index >= 15 is 0 Å². The topological polar surface area (TPSA) is 70.1 Å². The van der Waals surface area contributed by atoms with Crippen molar-refractivity contribution in [1.82, 2.24) is 0 Å². The molecule has 3 rings (SSSR count). The number of epoxide rings is 1. The van der Waals surface area contributed by atoms with Gasteiger partial charge in [0, 0.05) is 5.56 Å². The third kappa shape index (κ3) is 1.91. The van der Waals surface area contributed by atoms with Gasteiger partial charge in [0.25, 0.3) is 0 Å². The molecule has 1 aromatic carbocycles. The van der Waals surface area contributed by atoms with Crippen molar-refractivity contribution < 1.29 is 14.9 Å². The van der Waals surface area contributed by atoms with Gasteiger partial charge in [-0.1, -0.05) is 0 Å². The molecule has 1 unspecified atom stereocenters. The van der Waals surface area contributed by atoms with Crippen LogP contribution in [0.2, 0.25) is 0 Å². The maximum absolute atomic E-state index is 11.7. The summed E-state index contributed by atoms with van der Waals surface area (Å²) in [6.07, 6.45) is 2.38. The summed E-state index contributed by atoms with van der Waals surface area (Å²) in [7, 11) is 0. The lowest BCUT2D eigenvalue weighted by Gasteiger charge is -2.27. The highest BCUT2D eigenvalue weighted by molar-refractivity contribution is 5.51. The molecule has 0 bridgehead atoms. The van der Waals surface area contributed by atoms with Gasteiger partial charge in [0.2, 0.25) is 11.2 Å². The van der Waals surface area contributed by atoms with Crippen LogP contribution in [-0.4, -0.2) is 22.4 Å². The SMILES string of the molecule is Cc1cc(=O)c(O)c(O)c2c1C[C@H](C1(C)CO1)CC2. The van der Waals surface area contributed by atoms with E-state index in [1.807, 2.05) is 6.92 Å². The summed E-state index contributed by atoms with van der Waals surface area (Å²) in [5, 5.41) is 19.7. The monoisotopic (exact) mass is 262 g/mol. The predicted molar refractivity (Wildman–Crippen MR) is 70.7 cm³/mol. The van der Waals surface area contributed by atoms with E-state index in [1.54, 1.807) is 0 Å². The molecule has 0 aromatic heterocycles. The molecule has 4 nitrogen and oxygen atoms in total. The van der Waals surface area contributed by atoms with Crippen molar-refractivity contribution in [2.45, 2.75) is 38.7 Å². The highest BCUT2D eigenvalue weighted by Crippen LogP contribution is 2.44. The van der Waals surface area contributed by atoms with Gasteiger partial charge >= 0.3 is 0 Å². The first kappa shape index (κ1) is 12.5. The largest absolute Gasteiger partial charge is 0.504 e. The van der Waals surface area contributed by atoms with E-state index in [0.717, 1.165) is 36.1 Å². The second-order valence-electron chi connectivity index (χ2n) is 5.89. The van der Waals surface area contributed by atoms with Gasteiger partial charge in [-0.25, -0.2) is 0 Å². The second kappa shape index (κ2) is 3.97. The summed E-state index contributed by atoms with van der Waals surface area (Å²) in [6.45, 7) is 4.75. The predicted octanol–water partition coefficient (Wildman–Crippen LogP) is 1.66. The van der Waals surface area contributed by atoms with Crippen LogP contribution in [0.15, 0.2) is 10.9 Å². The third-order valence-corrected chi connectivity index (χ3v) is 4.59. The van der Waals surface area contributed by atoms with E-state index < -0.39 is 11.2 Å². The Morgan fingerprint density at radius 3 is 2.63 bits per heavy atom. The number of ether oxygens (including phenoxy) is 1. The van der Waals surface area contributed by atoms with Crippen molar-refractivity contribution >= 4 is 0 Å². The molecule has 0 amide bonds. The average molecular weight is 262 g/mol. The van der Waals surface area contributed by atoms with Crippen molar-refractivity contribution in [3.8, 4) is 11.5 Å². The Morgan fingerprint density at radius 1 is 1.32 bits per heavy atom. The Kier molecular flexibility index (Phi) is 2.61. The van der Waals surface area contributed by atoms with Crippen molar-refractivity contribution in [3.63, 3.8) is 0 Å². The van der Waals surface area contributed by atoms with Gasteiger partial charge in [-0.2, -0.15) is 0 Å². The van der Waals surface area contributed by atoms with Crippen LogP contribution < -0.4 is 5.43 Å². The quantitative estimate of drug-likeness (QED) is 0.755. The van der Waals surface area contributed by atoms with Crippen LogP contribution in [0, 0.1) is 12.8 Å². The molecule has 102 valence electrons. The molecule has 4 heteroatoms. The van der Waals surface area contributed by atoms with E-state index in [-0.39, 0.29) is 11.4 Å². The maximum Gasteiger partial charge on any atom is 0.224 e. The molecule has 2 N–H and O–H groups in total. The Hall–Kier alpha value is -1.55. The lowest BCUT2D eigenvalue weighted by molar-refractivity contribution is 0.216. The average Bonchev–Trinajstić information content (AvgIpc) is 3.15. The Labute approximate surface area is 111 Å². The van der Waals surface area contributed by atoms with Crippen molar-refractivity contribution in [3.05, 3.63) is 33.0 Å². The summed E-state index contributed by atoms with van der Waals surface area (Å²) in [6, 6.07) is 1.41. The molecular formula is C15H18O4. The van der Waals surface area contributed by atoms with Crippen LogP contribution in [0.25, 0.3) is 0 Å². The highest BCUT2D eigenvalue weighted by Gasteiger charge is 2.47. The number of aromatic hydroxyl groups is 2. The normalized spacial score (nSPS) is 28.8. The van der Waals surface area contributed by atoms with Crippen LogP contribution in [0.5, 0.6) is 11.5 Å². The molecule has 2 aliphatic rings. The maximum atomic E-state index is 11.7. The van der Waals surface area contributed by atoms with E-state index in [2.05, 4.69) is 6.92 Å². The van der Waals surface area contributed by atoms with Crippen LogP contribution in [-0.2, 0) is 17.6 Å². The van der Waals surface area contributed by atoms with Gasteiger partial charge in [0.1, 0.15) is 0 Å². The molecule has 1 saturated heterocycles. The van der Waals surface area contributed by atoms with Gasteiger partial charge in [-0.05, 0) is 56.2 Å². The summed E-state index contributed by atoms with van der Waals surface area (Å²) in [5.74, 6) is -0.358. The lowest BCUT2D eigenvalue weighted by Crippen LogP contribution is -2.27. The van der Waals surface area contributed by atoms with E-state index in [4.69, 9.17) is 4.74 Å². The number of aryl methyl sites for hydroxylation is 1. The smallest absolute Gasteiger partial charge is 0.224 e. The molecule has 2 atom stereocenters. The van der Waals surface area contributed by atoms with Crippen molar-refractivity contribution in [2.75, 3.05) is 6.61 Å². The summed E-state index contributed by atoms with van der Waals surface area (Å²) in [5.41, 5.74) is 1.98. The molecular weight excluding hydrogens is 244 g/mol. The van der Waals surface area contributed by atoms with Crippen LogP contribution >= 0.6 is 0 Å². The van der Waals surface area contributed by atoms with Crippen molar-refractivity contribution in [2.24, 2.45) is 5.92 Å². The highest BCUT2D eigenvalue weighted by atomic mass is 16.6. The summed E-state index contributed by atoms with van der Waals surface area (Å²) < 4.78 is 5.52. The first-order valence-electron chi connectivity index (χ1n) is 6.64. The Bertz CT molecular complexity index is 602. The standard InChI is InChI=1S/C15H18O4/c1-8-5-12(16)14(18)13(17)10-4-3-9(6-11(8)10)15(2)7-19-15/h5,9H,3-4,6-7H2,1-2H3,(H2,16,17,18)/t9-,15?/m1/s1. The van der Waals surface area contributed by atoms with Crippen LogP contribution in [0.1, 0.15) is 30.0 Å². The number of hydrogen-bond donors (Lipinski definition) is 2. The second-order valence-corrected chi connectivity index (χ2v) is 5.89. The minimum Gasteiger partial charge on any atom is -0.504 e. The Balaban J connectivity index is 2.13. The molecule has 1 heterocycles.